The number of nitrogens with one attached hydrogen (secondary N) is 2. The molecule has 0 saturated carbocycles. The van der Waals surface area contributed by atoms with E-state index >= 15 is 0 Å². The monoisotopic (exact) mass is 435 g/mol. The maximum atomic E-state index is 12.6. The molecule has 2 aromatic carbocycles. The van der Waals surface area contributed by atoms with Crippen molar-refractivity contribution in [3.63, 3.8) is 0 Å². The zero-order valence-corrected chi connectivity index (χ0v) is 18.7. The Kier molecular flexibility index (Phi) is 7.10. The number of benzene rings is 2. The van der Waals surface area contributed by atoms with Crippen LogP contribution < -0.4 is 10.6 Å². The summed E-state index contributed by atoms with van der Waals surface area (Å²) in [5, 5.41) is 5.94. The van der Waals surface area contributed by atoms with Crippen LogP contribution in [0.15, 0.2) is 58.3 Å². The Labute approximate surface area is 188 Å². The molecule has 2 N–H and O–H groups in total. The van der Waals surface area contributed by atoms with E-state index in [1.807, 2.05) is 48.5 Å². The van der Waals surface area contributed by atoms with Crippen LogP contribution in [-0.2, 0) is 4.79 Å². The lowest BCUT2D eigenvalue weighted by Crippen LogP contribution is -2.36. The third-order valence-electron chi connectivity index (χ3n) is 5.71. The molecule has 4 rings (SSSR count). The van der Waals surface area contributed by atoms with Crippen molar-refractivity contribution >= 4 is 35.3 Å². The number of piperidine rings is 1. The van der Waals surface area contributed by atoms with Crippen molar-refractivity contribution in [1.29, 1.82) is 0 Å². The number of carbonyl (C=O) groups excluding carboxylic acids is 2. The summed E-state index contributed by atoms with van der Waals surface area (Å²) in [6, 6.07) is 15.3. The van der Waals surface area contributed by atoms with Gasteiger partial charge >= 0.3 is 0 Å². The van der Waals surface area contributed by atoms with Crippen LogP contribution in [0.5, 0.6) is 0 Å². The standard InChI is InChI=1S/C25H29N3O2S/c1-18-7-5-13-28(17-18)14-6-12-26-24(29)20-10-11-22-21(16-20)27-25(30)23(31-22)15-19-8-3-2-4-9-19/h2-4,8-11,15-16,18H,5-7,12-14,17H2,1H3,(H,26,29)(H,27,30)/b23-15-/t18-/m0/s1. The Morgan fingerprint density at radius 1 is 1.26 bits per heavy atom. The molecule has 0 spiro atoms. The summed E-state index contributed by atoms with van der Waals surface area (Å²) in [4.78, 5) is 29.2. The molecule has 1 atom stereocenters. The van der Waals surface area contributed by atoms with Gasteiger partial charge in [0, 0.05) is 23.5 Å². The van der Waals surface area contributed by atoms with Gasteiger partial charge in [0.15, 0.2) is 0 Å². The minimum Gasteiger partial charge on any atom is -0.352 e. The predicted octanol–water partition coefficient (Wildman–Crippen LogP) is 4.62. The molecule has 162 valence electrons. The first-order valence-corrected chi connectivity index (χ1v) is 11.8. The molecule has 6 heteroatoms. The molecule has 2 aliphatic rings. The Morgan fingerprint density at radius 3 is 2.90 bits per heavy atom. The second-order valence-corrected chi connectivity index (χ2v) is 9.43. The first-order chi connectivity index (χ1) is 15.1. The van der Waals surface area contributed by atoms with E-state index in [-0.39, 0.29) is 11.8 Å². The molecule has 0 unspecified atom stereocenters. The maximum Gasteiger partial charge on any atom is 0.262 e. The van der Waals surface area contributed by atoms with Crippen molar-refractivity contribution in [2.45, 2.75) is 31.1 Å². The first-order valence-electron chi connectivity index (χ1n) is 11.0. The average molecular weight is 436 g/mol. The lowest BCUT2D eigenvalue weighted by Gasteiger charge is -2.30. The molecule has 0 aliphatic carbocycles. The largest absolute Gasteiger partial charge is 0.352 e. The number of rotatable bonds is 6. The van der Waals surface area contributed by atoms with Gasteiger partial charge < -0.3 is 15.5 Å². The number of carbonyl (C=O) groups is 2. The molecule has 2 amide bonds. The van der Waals surface area contributed by atoms with Gasteiger partial charge in [0.1, 0.15) is 0 Å². The van der Waals surface area contributed by atoms with Crippen LogP contribution in [0.1, 0.15) is 42.1 Å². The fraction of sp³-hybridized carbons (Fsp3) is 0.360. The number of thioether (sulfide) groups is 1. The topological polar surface area (TPSA) is 61.4 Å². The fourth-order valence-corrected chi connectivity index (χ4v) is 5.03. The van der Waals surface area contributed by atoms with Gasteiger partial charge in [-0.25, -0.2) is 0 Å². The van der Waals surface area contributed by atoms with Crippen LogP contribution in [0, 0.1) is 5.92 Å². The highest BCUT2D eigenvalue weighted by atomic mass is 32.2. The van der Waals surface area contributed by atoms with Gasteiger partial charge in [-0.2, -0.15) is 0 Å². The Hall–Kier alpha value is -2.57. The summed E-state index contributed by atoms with van der Waals surface area (Å²) in [6.45, 7) is 6.32. The third-order valence-corrected chi connectivity index (χ3v) is 6.81. The first kappa shape index (κ1) is 21.7. The molecule has 0 bridgehead atoms. The summed E-state index contributed by atoms with van der Waals surface area (Å²) in [5.74, 6) is 0.532. The van der Waals surface area contributed by atoms with Crippen molar-refractivity contribution in [2.24, 2.45) is 5.92 Å². The summed E-state index contributed by atoms with van der Waals surface area (Å²) in [5.41, 5.74) is 2.25. The minimum atomic E-state index is -0.144. The zero-order valence-electron chi connectivity index (χ0n) is 17.9. The van der Waals surface area contributed by atoms with Gasteiger partial charge in [-0.1, -0.05) is 49.0 Å². The maximum absolute atomic E-state index is 12.6. The van der Waals surface area contributed by atoms with Crippen LogP contribution in [0.2, 0.25) is 0 Å². The second-order valence-electron chi connectivity index (χ2n) is 8.34. The van der Waals surface area contributed by atoms with E-state index < -0.39 is 0 Å². The Balaban J connectivity index is 1.32. The number of nitrogens with zero attached hydrogens (tertiary/aromatic N) is 1. The molecule has 2 heterocycles. The number of hydrogen-bond acceptors (Lipinski definition) is 4. The molecule has 0 radical (unpaired) electrons. The highest BCUT2D eigenvalue weighted by Gasteiger charge is 2.22. The zero-order chi connectivity index (χ0) is 21.6. The van der Waals surface area contributed by atoms with Crippen LogP contribution in [0.3, 0.4) is 0 Å². The molecular weight excluding hydrogens is 406 g/mol. The van der Waals surface area contributed by atoms with Crippen molar-refractivity contribution in [3.05, 3.63) is 64.6 Å². The van der Waals surface area contributed by atoms with E-state index in [4.69, 9.17) is 0 Å². The van der Waals surface area contributed by atoms with Gasteiger partial charge in [0.05, 0.1) is 10.6 Å². The van der Waals surface area contributed by atoms with E-state index in [0.29, 0.717) is 22.7 Å². The van der Waals surface area contributed by atoms with Gasteiger partial charge in [0.2, 0.25) is 0 Å². The van der Waals surface area contributed by atoms with Gasteiger partial charge in [0.25, 0.3) is 11.8 Å². The van der Waals surface area contributed by atoms with Crippen LogP contribution >= 0.6 is 11.8 Å². The van der Waals surface area contributed by atoms with Crippen molar-refractivity contribution in [1.82, 2.24) is 10.2 Å². The van der Waals surface area contributed by atoms with Gasteiger partial charge in [-0.3, -0.25) is 9.59 Å². The van der Waals surface area contributed by atoms with E-state index in [9.17, 15) is 9.59 Å². The molecule has 31 heavy (non-hydrogen) atoms. The molecule has 1 fully saturated rings. The Bertz CT molecular complexity index is 974. The lowest BCUT2D eigenvalue weighted by atomic mass is 10.0. The quantitative estimate of drug-likeness (QED) is 0.513. The SMILES string of the molecule is C[C@H]1CCCN(CCCNC(=O)c2ccc3c(c2)NC(=O)/C(=C/c2ccccc2)S3)C1. The van der Waals surface area contributed by atoms with E-state index in [2.05, 4.69) is 22.5 Å². The van der Waals surface area contributed by atoms with Crippen LogP contribution in [0.25, 0.3) is 6.08 Å². The molecular formula is C25H29N3O2S. The van der Waals surface area contributed by atoms with Crippen LogP contribution in [-0.4, -0.2) is 42.9 Å². The molecule has 5 nitrogen and oxygen atoms in total. The van der Waals surface area contributed by atoms with Crippen molar-refractivity contribution < 1.29 is 9.59 Å². The molecule has 2 aliphatic heterocycles. The lowest BCUT2D eigenvalue weighted by molar-refractivity contribution is -0.112. The summed E-state index contributed by atoms with van der Waals surface area (Å²) in [6.07, 6.45) is 5.43. The molecule has 0 aromatic heterocycles. The van der Waals surface area contributed by atoms with Gasteiger partial charge in [-0.05, 0) is 68.1 Å². The third kappa shape index (κ3) is 5.77. The highest BCUT2D eigenvalue weighted by Crippen LogP contribution is 2.39. The predicted molar refractivity (Wildman–Crippen MR) is 127 cm³/mol. The van der Waals surface area contributed by atoms with E-state index in [0.717, 1.165) is 35.9 Å². The van der Waals surface area contributed by atoms with Crippen molar-refractivity contribution in [2.75, 3.05) is 31.5 Å². The summed E-state index contributed by atoms with van der Waals surface area (Å²) < 4.78 is 0. The Morgan fingerprint density at radius 2 is 2.10 bits per heavy atom. The normalized spacial score (nSPS) is 20.2. The fourth-order valence-electron chi connectivity index (χ4n) is 4.10. The number of likely N-dealkylation sites (tertiary alicyclic amines) is 1. The number of anilines is 1. The molecule has 2 aromatic rings. The average Bonchev–Trinajstić information content (AvgIpc) is 2.77. The highest BCUT2D eigenvalue weighted by molar-refractivity contribution is 8.04. The molecule has 1 saturated heterocycles. The van der Waals surface area contributed by atoms with Gasteiger partial charge in [-0.15, -0.1) is 0 Å². The van der Waals surface area contributed by atoms with E-state index in [1.165, 1.54) is 31.1 Å². The summed E-state index contributed by atoms with van der Waals surface area (Å²) in [7, 11) is 0. The number of amides is 2. The van der Waals surface area contributed by atoms with E-state index in [1.54, 1.807) is 6.07 Å². The number of fused-ring (bicyclic) bond motifs is 1. The summed E-state index contributed by atoms with van der Waals surface area (Å²) >= 11 is 1.43. The second kappa shape index (κ2) is 10.2. The smallest absolute Gasteiger partial charge is 0.262 e. The number of hydrogen-bond donors (Lipinski definition) is 2. The van der Waals surface area contributed by atoms with Crippen molar-refractivity contribution in [3.8, 4) is 0 Å². The van der Waals surface area contributed by atoms with Crippen LogP contribution in [0.4, 0.5) is 5.69 Å². The minimum absolute atomic E-state index is 0.0975.